The minimum atomic E-state index is 0.0179. The molecular weight excluding hydrogens is 316 g/mol. The summed E-state index contributed by atoms with van der Waals surface area (Å²) in [5, 5.41) is 3.23. The van der Waals surface area contributed by atoms with Gasteiger partial charge in [-0.3, -0.25) is 0 Å². The Morgan fingerprint density at radius 2 is 2.20 bits per heavy atom. The number of aryl methyl sites for hydroxylation is 1. The largest absolute Gasteiger partial charge is 0.497 e. The van der Waals surface area contributed by atoms with Crippen LogP contribution in [0.1, 0.15) is 54.7 Å². The van der Waals surface area contributed by atoms with E-state index in [1.165, 1.54) is 0 Å². The van der Waals surface area contributed by atoms with E-state index in [1.807, 2.05) is 29.2 Å². The molecule has 1 aromatic carbocycles. The molecule has 4 rings (SSSR count). The molecule has 132 valence electrons. The Labute approximate surface area is 148 Å². The van der Waals surface area contributed by atoms with Crippen LogP contribution in [0, 0.1) is 0 Å². The highest BCUT2D eigenvalue weighted by Gasteiger charge is 2.32. The first-order chi connectivity index (χ1) is 12.3. The van der Waals surface area contributed by atoms with E-state index in [9.17, 15) is 4.79 Å². The predicted molar refractivity (Wildman–Crippen MR) is 94.6 cm³/mol. The van der Waals surface area contributed by atoms with Gasteiger partial charge in [-0.25, -0.2) is 4.79 Å². The second-order valence-electron chi connectivity index (χ2n) is 6.82. The quantitative estimate of drug-likeness (QED) is 0.910. The Kier molecular flexibility index (Phi) is 4.38. The van der Waals surface area contributed by atoms with Crippen molar-refractivity contribution in [2.45, 2.75) is 44.2 Å². The number of hydrogen-bond acceptors (Lipinski definition) is 3. The molecule has 25 heavy (non-hydrogen) atoms. The number of benzene rings is 1. The summed E-state index contributed by atoms with van der Waals surface area (Å²) in [5.41, 5.74) is 2.27. The number of nitrogens with one attached hydrogen (secondary N) is 1. The number of nitrogens with zero attached hydrogens (tertiary/aromatic N) is 1. The molecule has 1 aromatic heterocycles. The molecule has 2 atom stereocenters. The van der Waals surface area contributed by atoms with E-state index in [1.54, 1.807) is 13.4 Å². The van der Waals surface area contributed by atoms with Gasteiger partial charge in [0, 0.05) is 18.5 Å². The lowest BCUT2D eigenvalue weighted by molar-refractivity contribution is 0.187. The normalized spacial score (nSPS) is 22.5. The third kappa shape index (κ3) is 3.11. The van der Waals surface area contributed by atoms with Crippen molar-refractivity contribution in [3.05, 3.63) is 53.5 Å². The number of likely N-dealkylation sites (tertiary alicyclic amines) is 1. The molecule has 2 unspecified atom stereocenters. The summed E-state index contributed by atoms with van der Waals surface area (Å²) < 4.78 is 10.9. The third-order valence-corrected chi connectivity index (χ3v) is 5.34. The Morgan fingerprint density at radius 3 is 3.08 bits per heavy atom. The van der Waals surface area contributed by atoms with Crippen molar-refractivity contribution in [3.63, 3.8) is 0 Å². The zero-order valence-electron chi connectivity index (χ0n) is 14.5. The first-order valence-electron chi connectivity index (χ1n) is 9.03. The molecule has 0 spiro atoms. The van der Waals surface area contributed by atoms with Gasteiger partial charge in [-0.2, -0.15) is 0 Å². The van der Waals surface area contributed by atoms with E-state index in [-0.39, 0.29) is 18.1 Å². The average Bonchev–Trinajstić information content (AvgIpc) is 3.31. The van der Waals surface area contributed by atoms with Gasteiger partial charge in [-0.1, -0.05) is 12.1 Å². The highest BCUT2D eigenvalue weighted by molar-refractivity contribution is 5.75. The number of methoxy groups -OCH3 is 1. The molecule has 1 aliphatic heterocycles. The number of carbonyl (C=O) groups is 1. The molecule has 1 saturated heterocycles. The van der Waals surface area contributed by atoms with Crippen molar-refractivity contribution in [1.29, 1.82) is 0 Å². The first-order valence-corrected chi connectivity index (χ1v) is 9.03. The van der Waals surface area contributed by atoms with E-state index < -0.39 is 0 Å². The van der Waals surface area contributed by atoms with Gasteiger partial charge in [0.25, 0.3) is 0 Å². The van der Waals surface area contributed by atoms with Crippen LogP contribution in [0.5, 0.6) is 5.75 Å². The predicted octanol–water partition coefficient (Wildman–Crippen LogP) is 4.21. The molecule has 1 aliphatic carbocycles. The molecule has 2 aliphatic rings. The first kappa shape index (κ1) is 16.1. The molecule has 2 aromatic rings. The van der Waals surface area contributed by atoms with Crippen molar-refractivity contribution < 1.29 is 13.9 Å². The highest BCUT2D eigenvalue weighted by Crippen LogP contribution is 2.35. The molecule has 0 radical (unpaired) electrons. The standard InChI is InChI=1S/C20H24N2O3/c1-24-15-6-2-5-14(13-15)18-8-4-11-22(18)20(23)21-17-7-3-9-19-16(17)10-12-25-19/h2,5-6,10,12-13,17-18H,3-4,7-9,11H2,1H3,(H,21,23). The van der Waals surface area contributed by atoms with Gasteiger partial charge in [0.15, 0.2) is 0 Å². The van der Waals surface area contributed by atoms with Crippen LogP contribution in [0.4, 0.5) is 4.79 Å². The smallest absolute Gasteiger partial charge is 0.318 e. The molecule has 0 saturated carbocycles. The second kappa shape index (κ2) is 6.82. The number of hydrogen-bond donors (Lipinski definition) is 1. The molecule has 2 amide bonds. The zero-order chi connectivity index (χ0) is 17.2. The summed E-state index contributed by atoms with van der Waals surface area (Å²) in [7, 11) is 1.67. The van der Waals surface area contributed by atoms with Crippen molar-refractivity contribution in [1.82, 2.24) is 10.2 Å². The van der Waals surface area contributed by atoms with E-state index in [0.29, 0.717) is 0 Å². The monoisotopic (exact) mass is 340 g/mol. The summed E-state index contributed by atoms with van der Waals surface area (Å²) in [6.45, 7) is 0.790. The minimum absolute atomic E-state index is 0.0179. The maximum atomic E-state index is 12.9. The van der Waals surface area contributed by atoms with Gasteiger partial charge in [0.05, 0.1) is 25.5 Å². The molecule has 1 fully saturated rings. The second-order valence-corrected chi connectivity index (χ2v) is 6.82. The molecule has 5 nitrogen and oxygen atoms in total. The number of furan rings is 1. The number of fused-ring (bicyclic) bond motifs is 1. The lowest BCUT2D eigenvalue weighted by Gasteiger charge is -2.29. The maximum Gasteiger partial charge on any atom is 0.318 e. The van der Waals surface area contributed by atoms with Crippen molar-refractivity contribution in [3.8, 4) is 5.75 Å². The van der Waals surface area contributed by atoms with E-state index in [2.05, 4.69) is 11.4 Å². The lowest BCUT2D eigenvalue weighted by Crippen LogP contribution is -2.41. The molecular formula is C20H24N2O3. The van der Waals surface area contributed by atoms with Crippen molar-refractivity contribution >= 4 is 6.03 Å². The Hall–Kier alpha value is -2.43. The van der Waals surface area contributed by atoms with E-state index in [0.717, 1.165) is 61.3 Å². The molecule has 5 heteroatoms. The molecule has 1 N–H and O–H groups in total. The van der Waals surface area contributed by atoms with E-state index in [4.69, 9.17) is 9.15 Å². The number of rotatable bonds is 3. The summed E-state index contributed by atoms with van der Waals surface area (Å²) in [6, 6.07) is 10.2. The van der Waals surface area contributed by atoms with Crippen LogP contribution in [0.2, 0.25) is 0 Å². The van der Waals surface area contributed by atoms with Gasteiger partial charge in [0.1, 0.15) is 11.5 Å². The summed E-state index contributed by atoms with van der Waals surface area (Å²) in [5.74, 6) is 1.85. The fourth-order valence-corrected chi connectivity index (χ4v) is 4.07. The summed E-state index contributed by atoms with van der Waals surface area (Å²) in [4.78, 5) is 14.9. The van der Waals surface area contributed by atoms with Crippen LogP contribution in [-0.4, -0.2) is 24.6 Å². The van der Waals surface area contributed by atoms with Gasteiger partial charge < -0.3 is 19.4 Å². The molecule has 0 bridgehead atoms. The van der Waals surface area contributed by atoms with Crippen LogP contribution in [0.3, 0.4) is 0 Å². The fourth-order valence-electron chi connectivity index (χ4n) is 4.07. The Morgan fingerprint density at radius 1 is 1.28 bits per heavy atom. The van der Waals surface area contributed by atoms with Crippen LogP contribution in [-0.2, 0) is 6.42 Å². The lowest BCUT2D eigenvalue weighted by atomic mass is 9.93. The van der Waals surface area contributed by atoms with Crippen LogP contribution >= 0.6 is 0 Å². The zero-order valence-corrected chi connectivity index (χ0v) is 14.5. The Bertz CT molecular complexity index is 755. The minimum Gasteiger partial charge on any atom is -0.497 e. The SMILES string of the molecule is COc1cccc(C2CCCN2C(=O)NC2CCCc3occc32)c1. The number of ether oxygens (including phenoxy) is 1. The average molecular weight is 340 g/mol. The third-order valence-electron chi connectivity index (χ3n) is 5.34. The van der Waals surface area contributed by atoms with E-state index >= 15 is 0 Å². The summed E-state index contributed by atoms with van der Waals surface area (Å²) >= 11 is 0. The van der Waals surface area contributed by atoms with Gasteiger partial charge in [-0.15, -0.1) is 0 Å². The fraction of sp³-hybridized carbons (Fsp3) is 0.450. The topological polar surface area (TPSA) is 54.7 Å². The number of amides is 2. The number of carbonyl (C=O) groups excluding carboxylic acids is 1. The number of urea groups is 1. The summed E-state index contributed by atoms with van der Waals surface area (Å²) in [6.07, 6.45) is 6.72. The van der Waals surface area contributed by atoms with Gasteiger partial charge in [-0.05, 0) is 49.4 Å². The maximum absolute atomic E-state index is 12.9. The van der Waals surface area contributed by atoms with Gasteiger partial charge >= 0.3 is 6.03 Å². The highest BCUT2D eigenvalue weighted by atomic mass is 16.5. The van der Waals surface area contributed by atoms with Crippen LogP contribution in [0.25, 0.3) is 0 Å². The van der Waals surface area contributed by atoms with Crippen molar-refractivity contribution in [2.24, 2.45) is 0 Å². The Balaban J connectivity index is 1.50. The van der Waals surface area contributed by atoms with Crippen LogP contribution in [0.15, 0.2) is 41.0 Å². The van der Waals surface area contributed by atoms with Crippen molar-refractivity contribution in [2.75, 3.05) is 13.7 Å². The van der Waals surface area contributed by atoms with Gasteiger partial charge in [0.2, 0.25) is 0 Å². The molecule has 2 heterocycles. The van der Waals surface area contributed by atoms with Crippen LogP contribution < -0.4 is 10.1 Å².